The largest absolute Gasteiger partial charge is 0.368 e. The molecule has 0 radical (unpaired) electrons. The standard InChI is InChI=1S/C16H26N2O/c1-12-5-6-14(7-13(12)2)9-18-10-15(8-17)19-16(3,4)11-18/h5-7,15H,8-11,17H2,1-4H3. The zero-order valence-electron chi connectivity index (χ0n) is 12.6. The van der Waals surface area contributed by atoms with Gasteiger partial charge in [0.2, 0.25) is 0 Å². The Morgan fingerprint density at radius 2 is 2.05 bits per heavy atom. The molecule has 2 N–H and O–H groups in total. The fourth-order valence-corrected chi connectivity index (χ4v) is 2.82. The Hall–Kier alpha value is -0.900. The second kappa shape index (κ2) is 5.61. The number of hydrogen-bond donors (Lipinski definition) is 1. The summed E-state index contributed by atoms with van der Waals surface area (Å²) in [7, 11) is 0. The van der Waals surface area contributed by atoms with E-state index in [1.165, 1.54) is 16.7 Å². The van der Waals surface area contributed by atoms with Crippen molar-refractivity contribution in [3.8, 4) is 0 Å². The second-order valence-electron chi connectivity index (χ2n) is 6.32. The minimum absolute atomic E-state index is 0.109. The van der Waals surface area contributed by atoms with E-state index < -0.39 is 0 Å². The van der Waals surface area contributed by atoms with Gasteiger partial charge in [0.25, 0.3) is 0 Å². The molecule has 1 atom stereocenters. The van der Waals surface area contributed by atoms with Gasteiger partial charge in [0.1, 0.15) is 0 Å². The Labute approximate surface area is 116 Å². The Bertz CT molecular complexity index is 442. The lowest BCUT2D eigenvalue weighted by Gasteiger charge is -2.42. The molecule has 0 aromatic heterocycles. The van der Waals surface area contributed by atoms with Gasteiger partial charge in [-0.2, -0.15) is 0 Å². The number of morpholine rings is 1. The molecule has 1 aromatic carbocycles. The summed E-state index contributed by atoms with van der Waals surface area (Å²) < 4.78 is 5.97. The number of aryl methyl sites for hydroxylation is 2. The lowest BCUT2D eigenvalue weighted by molar-refractivity contribution is -0.133. The van der Waals surface area contributed by atoms with Gasteiger partial charge in [-0.05, 0) is 44.4 Å². The maximum absolute atomic E-state index is 5.97. The zero-order chi connectivity index (χ0) is 14.0. The maximum Gasteiger partial charge on any atom is 0.0831 e. The van der Waals surface area contributed by atoms with Crippen LogP contribution in [-0.4, -0.2) is 36.2 Å². The highest BCUT2D eigenvalue weighted by Crippen LogP contribution is 2.22. The molecule has 1 saturated heterocycles. The molecule has 1 aromatic rings. The van der Waals surface area contributed by atoms with Crippen molar-refractivity contribution >= 4 is 0 Å². The second-order valence-corrected chi connectivity index (χ2v) is 6.32. The summed E-state index contributed by atoms with van der Waals surface area (Å²) in [5, 5.41) is 0. The molecule has 3 heteroatoms. The molecule has 1 fully saturated rings. The van der Waals surface area contributed by atoms with Crippen molar-refractivity contribution in [2.24, 2.45) is 5.73 Å². The van der Waals surface area contributed by atoms with E-state index >= 15 is 0 Å². The number of hydrogen-bond acceptors (Lipinski definition) is 3. The van der Waals surface area contributed by atoms with Crippen LogP contribution in [0.5, 0.6) is 0 Å². The fraction of sp³-hybridized carbons (Fsp3) is 0.625. The highest BCUT2D eigenvalue weighted by Gasteiger charge is 2.32. The first-order chi connectivity index (χ1) is 8.89. The van der Waals surface area contributed by atoms with Crippen LogP contribution < -0.4 is 5.73 Å². The summed E-state index contributed by atoms with van der Waals surface area (Å²) in [4.78, 5) is 2.45. The van der Waals surface area contributed by atoms with E-state index in [4.69, 9.17) is 10.5 Å². The van der Waals surface area contributed by atoms with Crippen LogP contribution in [-0.2, 0) is 11.3 Å². The first-order valence-electron chi connectivity index (χ1n) is 7.06. The monoisotopic (exact) mass is 262 g/mol. The normalized spacial score (nSPS) is 23.5. The van der Waals surface area contributed by atoms with E-state index in [1.807, 2.05) is 0 Å². The van der Waals surface area contributed by atoms with Gasteiger partial charge in [-0.15, -0.1) is 0 Å². The molecule has 1 heterocycles. The molecule has 2 rings (SSSR count). The Kier molecular flexibility index (Phi) is 4.29. The zero-order valence-corrected chi connectivity index (χ0v) is 12.6. The molecule has 0 saturated carbocycles. The van der Waals surface area contributed by atoms with E-state index in [9.17, 15) is 0 Å². The molecule has 0 spiro atoms. The smallest absolute Gasteiger partial charge is 0.0831 e. The van der Waals surface area contributed by atoms with Crippen LogP contribution in [0.3, 0.4) is 0 Å². The lowest BCUT2D eigenvalue weighted by atomic mass is 10.0. The summed E-state index contributed by atoms with van der Waals surface area (Å²) in [6.07, 6.45) is 0.148. The first-order valence-corrected chi connectivity index (χ1v) is 7.06. The third-order valence-corrected chi connectivity index (χ3v) is 3.79. The molecule has 106 valence electrons. The molecule has 1 unspecified atom stereocenters. The predicted molar refractivity (Wildman–Crippen MR) is 79.2 cm³/mol. The predicted octanol–water partition coefficient (Wildman–Crippen LogP) is 2.24. The summed E-state index contributed by atoms with van der Waals surface area (Å²) >= 11 is 0. The summed E-state index contributed by atoms with van der Waals surface area (Å²) in [5.74, 6) is 0. The molecule has 1 aliphatic rings. The molecule has 0 amide bonds. The average molecular weight is 262 g/mol. The van der Waals surface area contributed by atoms with Gasteiger partial charge in [-0.3, -0.25) is 4.90 Å². The molecule has 0 bridgehead atoms. The fourth-order valence-electron chi connectivity index (χ4n) is 2.82. The van der Waals surface area contributed by atoms with Crippen LogP contribution in [0, 0.1) is 13.8 Å². The number of nitrogens with two attached hydrogens (primary N) is 1. The van der Waals surface area contributed by atoms with Crippen LogP contribution in [0.2, 0.25) is 0 Å². The van der Waals surface area contributed by atoms with Gasteiger partial charge in [-0.25, -0.2) is 0 Å². The molecular weight excluding hydrogens is 236 g/mol. The number of ether oxygens (including phenoxy) is 1. The summed E-state index contributed by atoms with van der Waals surface area (Å²) in [5.41, 5.74) is 9.75. The van der Waals surface area contributed by atoms with E-state index in [0.29, 0.717) is 6.54 Å². The minimum Gasteiger partial charge on any atom is -0.368 e. The minimum atomic E-state index is -0.109. The van der Waals surface area contributed by atoms with E-state index in [-0.39, 0.29) is 11.7 Å². The van der Waals surface area contributed by atoms with Crippen LogP contribution in [0.15, 0.2) is 18.2 Å². The van der Waals surface area contributed by atoms with Crippen LogP contribution in [0.4, 0.5) is 0 Å². The SMILES string of the molecule is Cc1ccc(CN2CC(CN)OC(C)(C)C2)cc1C. The topological polar surface area (TPSA) is 38.5 Å². The maximum atomic E-state index is 5.97. The van der Waals surface area contributed by atoms with Crippen LogP contribution in [0.1, 0.15) is 30.5 Å². The van der Waals surface area contributed by atoms with Crippen LogP contribution >= 0.6 is 0 Å². The Balaban J connectivity index is 2.07. The number of benzene rings is 1. The van der Waals surface area contributed by atoms with Gasteiger partial charge in [0.15, 0.2) is 0 Å². The summed E-state index contributed by atoms with van der Waals surface area (Å²) in [6.45, 7) is 12.1. The molecule has 19 heavy (non-hydrogen) atoms. The first kappa shape index (κ1) is 14.5. The van der Waals surface area contributed by atoms with Gasteiger partial charge in [-0.1, -0.05) is 18.2 Å². The van der Waals surface area contributed by atoms with E-state index in [0.717, 1.165) is 19.6 Å². The van der Waals surface area contributed by atoms with Gasteiger partial charge >= 0.3 is 0 Å². The van der Waals surface area contributed by atoms with Crippen molar-refractivity contribution in [1.82, 2.24) is 4.90 Å². The van der Waals surface area contributed by atoms with Crippen molar-refractivity contribution in [3.63, 3.8) is 0 Å². The third-order valence-electron chi connectivity index (χ3n) is 3.79. The third kappa shape index (κ3) is 3.78. The van der Waals surface area contributed by atoms with E-state index in [1.54, 1.807) is 0 Å². The summed E-state index contributed by atoms with van der Waals surface area (Å²) in [6, 6.07) is 6.72. The highest BCUT2D eigenvalue weighted by molar-refractivity contribution is 5.29. The Morgan fingerprint density at radius 3 is 2.68 bits per heavy atom. The van der Waals surface area contributed by atoms with E-state index in [2.05, 4.69) is 50.8 Å². The molecule has 0 aliphatic carbocycles. The average Bonchev–Trinajstić information content (AvgIpc) is 2.32. The molecule has 1 aliphatic heterocycles. The Morgan fingerprint density at radius 1 is 1.32 bits per heavy atom. The molecular formula is C16H26N2O. The quantitative estimate of drug-likeness (QED) is 0.908. The van der Waals surface area contributed by atoms with Gasteiger partial charge < -0.3 is 10.5 Å². The van der Waals surface area contributed by atoms with Crippen molar-refractivity contribution in [1.29, 1.82) is 0 Å². The van der Waals surface area contributed by atoms with Crippen molar-refractivity contribution in [2.75, 3.05) is 19.6 Å². The number of rotatable bonds is 3. The highest BCUT2D eigenvalue weighted by atomic mass is 16.5. The van der Waals surface area contributed by atoms with Crippen molar-refractivity contribution < 1.29 is 4.74 Å². The van der Waals surface area contributed by atoms with Gasteiger partial charge in [0, 0.05) is 26.2 Å². The van der Waals surface area contributed by atoms with Crippen molar-refractivity contribution in [3.05, 3.63) is 34.9 Å². The lowest BCUT2D eigenvalue weighted by Crippen LogP contribution is -2.54. The van der Waals surface area contributed by atoms with Crippen LogP contribution in [0.25, 0.3) is 0 Å². The number of nitrogens with zero attached hydrogens (tertiary/aromatic N) is 1. The molecule has 3 nitrogen and oxygen atoms in total. The van der Waals surface area contributed by atoms with Crippen molar-refractivity contribution in [2.45, 2.75) is 45.9 Å². The van der Waals surface area contributed by atoms with Gasteiger partial charge in [0.05, 0.1) is 11.7 Å².